The summed E-state index contributed by atoms with van der Waals surface area (Å²) < 4.78 is 7.36. The summed E-state index contributed by atoms with van der Waals surface area (Å²) in [5, 5.41) is 7.91. The Bertz CT molecular complexity index is 6150. The van der Waals surface area contributed by atoms with E-state index in [1.54, 1.807) is 0 Å². The maximum Gasteiger partial charge on any atom is 0.0500 e. The van der Waals surface area contributed by atoms with Gasteiger partial charge in [-0.2, -0.15) is 0 Å². The van der Waals surface area contributed by atoms with Gasteiger partial charge in [0.25, 0.3) is 0 Å². The molecule has 18 aromatic rings. The number of rotatable bonds is 9. The molecule has 636 valence electrons. The number of para-hydroxylation sites is 3. The maximum atomic E-state index is 2.46. The highest BCUT2D eigenvalue weighted by Gasteiger charge is 2.23. The SMILES string of the molecule is CC.CC.CC.CC.CC.CC.CC.CC.CC.CC.CC.CC.c1ccc(Cn2c3ccccc3c3cc(-c4ccc5c(c4)-c4ccccc4C5)ccc32)cc1.c1ccc(Cn2c3ccccc3c3cc(-c4ccc5c(c4)Cc4ccccc4-5)ccc32)cc1.c1ccc(Cn2c3ccccc3c3ccc(-c4ccc5c(c4)-c4ccccc4C5)cc32)cc1. The van der Waals surface area contributed by atoms with E-state index in [9.17, 15) is 0 Å². The van der Waals surface area contributed by atoms with Crippen molar-refractivity contribution in [2.24, 2.45) is 0 Å². The largest absolute Gasteiger partial charge is 0.336 e. The fraction of sp³-hybridized carbons (Fsp3) is 0.250. The minimum absolute atomic E-state index is 0.867. The molecule has 3 nitrogen and oxygen atoms in total. The van der Waals surface area contributed by atoms with Crippen LogP contribution in [0, 0.1) is 0 Å². The summed E-state index contributed by atoms with van der Waals surface area (Å²) in [6.45, 7) is 50.6. The normalized spacial score (nSPS) is 10.4. The van der Waals surface area contributed by atoms with Gasteiger partial charge in [0.05, 0.1) is 5.52 Å². The van der Waals surface area contributed by atoms with Crippen molar-refractivity contribution in [2.75, 3.05) is 0 Å². The molecule has 0 N–H and O–H groups in total. The highest BCUT2D eigenvalue weighted by Crippen LogP contribution is 2.44. The van der Waals surface area contributed by atoms with Gasteiger partial charge in [0, 0.05) is 79.5 Å². The van der Waals surface area contributed by atoms with Crippen LogP contribution >= 0.6 is 0 Å². The fourth-order valence-electron chi connectivity index (χ4n) is 16.4. The molecule has 3 aromatic heterocycles. The number of hydrogen-bond acceptors (Lipinski definition) is 0. The van der Waals surface area contributed by atoms with Gasteiger partial charge in [-0.1, -0.05) is 451 Å². The summed E-state index contributed by atoms with van der Waals surface area (Å²) in [5.74, 6) is 0. The molecule has 3 aliphatic rings. The molecule has 3 heteroatoms. The number of hydrogen-bond donors (Lipinski definition) is 0. The van der Waals surface area contributed by atoms with Gasteiger partial charge in [-0.05, 0) is 197 Å². The van der Waals surface area contributed by atoms with Gasteiger partial charge >= 0.3 is 0 Å². The highest BCUT2D eigenvalue weighted by molar-refractivity contribution is 6.12. The quantitative estimate of drug-likeness (QED) is 0.137. The van der Waals surface area contributed by atoms with Gasteiger partial charge < -0.3 is 13.7 Å². The summed E-state index contributed by atoms with van der Waals surface area (Å²) in [5.41, 5.74) is 36.3. The number of benzene rings is 15. The van der Waals surface area contributed by atoms with Crippen LogP contribution in [-0.4, -0.2) is 13.7 Å². The Morgan fingerprint density at radius 1 is 0.154 bits per heavy atom. The van der Waals surface area contributed by atoms with E-state index in [0.29, 0.717) is 0 Å². The molecule has 0 saturated carbocycles. The lowest BCUT2D eigenvalue weighted by atomic mass is 9.97. The van der Waals surface area contributed by atoms with Crippen molar-refractivity contribution in [3.63, 3.8) is 0 Å². The standard InChI is InChI=1S/3C32H23N.12C2H6/c1-2-8-22(9-3-1)21-33-31-13-7-6-12-29(31)30-20-24(15-17-32(30)33)23-14-16-28-26(18-23)19-25-10-4-5-11-27(25)28;1-2-8-22(9-3-1)21-33-31-13-7-6-12-28(31)30-20-24(16-17-32(30)33)23-14-15-26-18-25-10-4-5-11-27(25)29(26)19-23;1-2-8-22(9-3-1)21-33-31-13-7-6-12-28(31)29-17-16-24(20-32(29)33)23-14-15-26-18-25-10-4-5-11-27(25)30(26)19-23;12*1-2/h1-18,20H,19,21H2;2*1-17,19-20H,18,21H2;12*1-2H3. The molecule has 123 heavy (non-hydrogen) atoms. The summed E-state index contributed by atoms with van der Waals surface area (Å²) in [6.07, 6.45) is 3.10. The van der Waals surface area contributed by atoms with E-state index in [0.717, 1.165) is 38.9 Å². The van der Waals surface area contributed by atoms with Crippen LogP contribution < -0.4 is 0 Å². The van der Waals surface area contributed by atoms with Gasteiger partial charge in [0.1, 0.15) is 0 Å². The van der Waals surface area contributed by atoms with Gasteiger partial charge in [0.15, 0.2) is 0 Å². The number of nitrogens with zero attached hydrogens (tertiary/aromatic N) is 3. The Morgan fingerprint density at radius 3 is 0.772 bits per heavy atom. The van der Waals surface area contributed by atoms with Crippen LogP contribution in [0.25, 0.3) is 132 Å². The van der Waals surface area contributed by atoms with Crippen LogP contribution in [0.3, 0.4) is 0 Å². The Labute approximate surface area is 741 Å². The van der Waals surface area contributed by atoms with E-state index in [1.807, 2.05) is 166 Å². The van der Waals surface area contributed by atoms with Crippen molar-refractivity contribution < 1.29 is 0 Å². The molecule has 0 unspecified atom stereocenters. The zero-order valence-electron chi connectivity index (χ0n) is 79.0. The lowest BCUT2D eigenvalue weighted by molar-refractivity contribution is 0.869. The van der Waals surface area contributed by atoms with Crippen LogP contribution in [0.4, 0.5) is 0 Å². The lowest BCUT2D eigenvalue weighted by Crippen LogP contribution is -1.99. The first-order valence-corrected chi connectivity index (χ1v) is 46.8. The zero-order valence-corrected chi connectivity index (χ0v) is 79.0. The fourth-order valence-corrected chi connectivity index (χ4v) is 16.4. The minimum Gasteiger partial charge on any atom is -0.336 e. The molecule has 0 amide bonds. The lowest BCUT2D eigenvalue weighted by Gasteiger charge is -2.10. The van der Waals surface area contributed by atoms with Gasteiger partial charge in [0.2, 0.25) is 0 Å². The topological polar surface area (TPSA) is 14.8 Å². The summed E-state index contributed by atoms with van der Waals surface area (Å²) in [4.78, 5) is 0. The predicted molar refractivity (Wildman–Crippen MR) is 552 cm³/mol. The van der Waals surface area contributed by atoms with Gasteiger partial charge in [-0.15, -0.1) is 0 Å². The minimum atomic E-state index is 0.867. The van der Waals surface area contributed by atoms with Crippen LogP contribution in [0.1, 0.15) is 216 Å². The van der Waals surface area contributed by atoms with Crippen LogP contribution in [0.5, 0.6) is 0 Å². The van der Waals surface area contributed by atoms with E-state index in [-0.39, 0.29) is 0 Å². The molecule has 3 heterocycles. The molecule has 21 rings (SSSR count). The Hall–Kier alpha value is -12.3. The molecule has 0 spiro atoms. The van der Waals surface area contributed by atoms with Crippen molar-refractivity contribution in [3.8, 4) is 66.8 Å². The van der Waals surface area contributed by atoms with Gasteiger partial charge in [-0.25, -0.2) is 0 Å². The predicted octanol–water partition coefficient (Wildman–Crippen LogP) is 36.6. The molecular weight excluding hydrogens is 1480 g/mol. The van der Waals surface area contributed by atoms with Gasteiger partial charge in [-0.3, -0.25) is 0 Å². The molecule has 0 saturated heterocycles. The summed E-state index contributed by atoms with van der Waals surface area (Å²) in [6, 6.07) is 127. The molecule has 0 fully saturated rings. The van der Waals surface area contributed by atoms with Crippen molar-refractivity contribution in [1.29, 1.82) is 0 Å². The van der Waals surface area contributed by atoms with Crippen molar-refractivity contribution in [2.45, 2.75) is 205 Å². The molecular formula is C120H141N3. The number of aromatic nitrogens is 3. The van der Waals surface area contributed by atoms with Crippen molar-refractivity contribution >= 4 is 65.4 Å². The third-order valence-electron chi connectivity index (χ3n) is 21.3. The average molecular weight is 1630 g/mol. The van der Waals surface area contributed by atoms with E-state index >= 15 is 0 Å². The summed E-state index contributed by atoms with van der Waals surface area (Å²) >= 11 is 0. The van der Waals surface area contributed by atoms with Crippen LogP contribution in [0.15, 0.2) is 346 Å². The number of fused-ring (bicyclic) bond motifs is 18. The van der Waals surface area contributed by atoms with E-state index in [1.165, 1.54) is 182 Å². The van der Waals surface area contributed by atoms with E-state index in [2.05, 4.69) is 359 Å². The van der Waals surface area contributed by atoms with E-state index in [4.69, 9.17) is 0 Å². The third-order valence-corrected chi connectivity index (χ3v) is 21.3. The second-order valence-corrected chi connectivity index (χ2v) is 27.1. The average Bonchev–Trinajstić information content (AvgIpc) is 1.61. The molecule has 0 radical (unpaired) electrons. The van der Waals surface area contributed by atoms with Crippen LogP contribution in [-0.2, 0) is 38.9 Å². The third kappa shape index (κ3) is 22.1. The van der Waals surface area contributed by atoms with Crippen molar-refractivity contribution in [3.05, 3.63) is 396 Å². The Morgan fingerprint density at radius 2 is 0.390 bits per heavy atom. The first-order valence-electron chi connectivity index (χ1n) is 46.8. The Kier molecular flexibility index (Phi) is 40.9. The first-order chi connectivity index (χ1) is 61.0. The second-order valence-electron chi connectivity index (χ2n) is 27.1. The molecule has 15 aromatic carbocycles. The second kappa shape index (κ2) is 51.5. The van der Waals surface area contributed by atoms with E-state index < -0.39 is 0 Å². The monoisotopic (exact) mass is 1620 g/mol. The van der Waals surface area contributed by atoms with Crippen LogP contribution in [0.2, 0.25) is 0 Å². The summed E-state index contributed by atoms with van der Waals surface area (Å²) in [7, 11) is 0. The smallest absolute Gasteiger partial charge is 0.0500 e. The first kappa shape index (κ1) is 97.8. The Balaban J connectivity index is 0.000000226. The molecule has 0 atom stereocenters. The highest BCUT2D eigenvalue weighted by atomic mass is 15.0. The molecule has 0 bridgehead atoms. The zero-order chi connectivity index (χ0) is 89.3. The molecule has 0 aliphatic heterocycles. The molecule has 3 aliphatic carbocycles. The van der Waals surface area contributed by atoms with Crippen molar-refractivity contribution in [1.82, 2.24) is 13.7 Å². The maximum absolute atomic E-state index is 2.46.